The van der Waals surface area contributed by atoms with Gasteiger partial charge in [0.1, 0.15) is 6.04 Å². The van der Waals surface area contributed by atoms with E-state index in [1.807, 2.05) is 31.2 Å². The fraction of sp³-hybridized carbons (Fsp3) is 0.310. The molecule has 7 heteroatoms. The molecule has 3 aromatic carbocycles. The number of ketones is 1. The lowest BCUT2D eigenvalue weighted by atomic mass is 9.86. The number of aryl methyl sites for hydroxylation is 1. The minimum atomic E-state index is -3.73. The number of sulfonamides is 1. The van der Waals surface area contributed by atoms with Crippen molar-refractivity contribution in [2.24, 2.45) is 0 Å². The minimum absolute atomic E-state index is 0.0139. The van der Waals surface area contributed by atoms with Crippen LogP contribution in [0.4, 0.5) is 11.4 Å². The van der Waals surface area contributed by atoms with Gasteiger partial charge in [0, 0.05) is 16.8 Å². The van der Waals surface area contributed by atoms with Gasteiger partial charge < -0.3 is 5.32 Å². The Morgan fingerprint density at radius 1 is 0.917 bits per heavy atom. The Morgan fingerprint density at radius 2 is 1.53 bits per heavy atom. The number of nitrogens with one attached hydrogen (secondary N) is 1. The number of amides is 1. The van der Waals surface area contributed by atoms with Crippen LogP contribution in [0, 0.1) is 6.92 Å². The third-order valence-corrected chi connectivity index (χ3v) is 7.20. The Hall–Kier alpha value is -3.45. The molecule has 0 spiro atoms. The van der Waals surface area contributed by atoms with E-state index in [0.717, 1.165) is 21.7 Å². The summed E-state index contributed by atoms with van der Waals surface area (Å²) in [6, 6.07) is 20.3. The van der Waals surface area contributed by atoms with Gasteiger partial charge in [0.05, 0.1) is 11.9 Å². The minimum Gasteiger partial charge on any atom is -0.324 e. The predicted octanol–water partition coefficient (Wildman–Crippen LogP) is 5.71. The zero-order valence-corrected chi connectivity index (χ0v) is 22.5. The smallest absolute Gasteiger partial charge is 0.248 e. The van der Waals surface area contributed by atoms with Crippen molar-refractivity contribution in [3.63, 3.8) is 0 Å². The van der Waals surface area contributed by atoms with E-state index in [4.69, 9.17) is 0 Å². The normalized spacial score (nSPS) is 12.6. The predicted molar refractivity (Wildman–Crippen MR) is 146 cm³/mol. The topological polar surface area (TPSA) is 83.6 Å². The van der Waals surface area contributed by atoms with Gasteiger partial charge in [-0.1, -0.05) is 81.8 Å². The van der Waals surface area contributed by atoms with Crippen LogP contribution in [0.25, 0.3) is 0 Å². The summed E-state index contributed by atoms with van der Waals surface area (Å²) < 4.78 is 26.5. The summed E-state index contributed by atoms with van der Waals surface area (Å²) in [5.74, 6) is -0.626. The number of anilines is 2. The molecule has 1 N–H and O–H groups in total. The van der Waals surface area contributed by atoms with Gasteiger partial charge in [-0.15, -0.1) is 0 Å². The van der Waals surface area contributed by atoms with Crippen LogP contribution in [0.15, 0.2) is 72.8 Å². The molecule has 0 aliphatic carbocycles. The van der Waals surface area contributed by atoms with Crippen LogP contribution in [0.1, 0.15) is 61.2 Å². The zero-order chi connectivity index (χ0) is 26.7. The van der Waals surface area contributed by atoms with Gasteiger partial charge in [0.25, 0.3) is 0 Å². The fourth-order valence-electron chi connectivity index (χ4n) is 4.00. The quantitative estimate of drug-likeness (QED) is 0.397. The monoisotopic (exact) mass is 506 g/mol. The molecule has 3 aromatic rings. The van der Waals surface area contributed by atoms with Crippen LogP contribution >= 0.6 is 0 Å². The molecule has 3 rings (SSSR count). The van der Waals surface area contributed by atoms with Crippen LogP contribution in [0.5, 0.6) is 0 Å². The fourth-order valence-corrected chi connectivity index (χ4v) is 5.22. The van der Waals surface area contributed by atoms with Gasteiger partial charge in [-0.3, -0.25) is 13.9 Å². The second kappa shape index (κ2) is 10.7. The van der Waals surface area contributed by atoms with Crippen LogP contribution < -0.4 is 9.62 Å². The Morgan fingerprint density at radius 3 is 2.06 bits per heavy atom. The average Bonchev–Trinajstić information content (AvgIpc) is 2.81. The van der Waals surface area contributed by atoms with Gasteiger partial charge in [-0.2, -0.15) is 0 Å². The first-order valence-corrected chi connectivity index (χ1v) is 13.8. The molecule has 0 aliphatic heterocycles. The molecule has 0 saturated heterocycles. The molecule has 0 heterocycles. The maximum atomic E-state index is 13.3. The van der Waals surface area contributed by atoms with E-state index in [-0.39, 0.29) is 17.6 Å². The average molecular weight is 507 g/mol. The van der Waals surface area contributed by atoms with E-state index in [1.165, 1.54) is 0 Å². The molecule has 36 heavy (non-hydrogen) atoms. The maximum absolute atomic E-state index is 13.3. The molecule has 1 amide bonds. The lowest BCUT2D eigenvalue weighted by molar-refractivity contribution is -0.117. The molecule has 1 atom stereocenters. The molecular formula is C29H34N2O4S. The molecule has 0 fully saturated rings. The SMILES string of the molecule is CC[C@@H](C(=O)Nc1cccc(C(=O)c2ccc(C(C)(C)C)cc2)c1)N(c1ccc(C)cc1)S(C)(=O)=O. The number of carbonyl (C=O) groups excluding carboxylic acids is 2. The standard InChI is InChI=1S/C29H34N2O4S/c1-7-26(31(36(6,34)35)25-17-11-20(2)12-18-25)28(33)30-24-10-8-9-22(19-24)27(32)21-13-15-23(16-14-21)29(3,4)5/h8-19,26H,7H2,1-6H3,(H,30,33)/t26-/m0/s1. The number of rotatable bonds is 8. The van der Waals surface area contributed by atoms with Crippen LogP contribution in [0.2, 0.25) is 0 Å². The zero-order valence-electron chi connectivity index (χ0n) is 21.7. The third kappa shape index (κ3) is 6.40. The van der Waals surface area contributed by atoms with E-state index >= 15 is 0 Å². The van der Waals surface area contributed by atoms with Crippen LogP contribution in [-0.2, 0) is 20.2 Å². The van der Waals surface area contributed by atoms with Crippen molar-refractivity contribution in [1.29, 1.82) is 0 Å². The highest BCUT2D eigenvalue weighted by atomic mass is 32.2. The maximum Gasteiger partial charge on any atom is 0.248 e. The summed E-state index contributed by atoms with van der Waals surface area (Å²) in [4.78, 5) is 26.3. The third-order valence-electron chi connectivity index (χ3n) is 6.02. The highest BCUT2D eigenvalue weighted by Crippen LogP contribution is 2.25. The molecule has 190 valence electrons. The number of nitrogens with zero attached hydrogens (tertiary/aromatic N) is 1. The molecule has 0 unspecified atom stereocenters. The van der Waals surface area contributed by atoms with Crippen molar-refractivity contribution >= 4 is 33.1 Å². The van der Waals surface area contributed by atoms with E-state index in [0.29, 0.717) is 22.5 Å². The largest absolute Gasteiger partial charge is 0.324 e. The Kier molecular flexibility index (Phi) is 8.04. The molecule has 0 radical (unpaired) electrons. The highest BCUT2D eigenvalue weighted by molar-refractivity contribution is 7.92. The molecular weight excluding hydrogens is 472 g/mol. The van der Waals surface area contributed by atoms with Crippen molar-refractivity contribution in [2.75, 3.05) is 15.9 Å². The lowest BCUT2D eigenvalue weighted by Crippen LogP contribution is -2.47. The summed E-state index contributed by atoms with van der Waals surface area (Å²) in [6.45, 7) is 10.0. The summed E-state index contributed by atoms with van der Waals surface area (Å²) >= 11 is 0. The molecule has 6 nitrogen and oxygen atoms in total. The van der Waals surface area contributed by atoms with E-state index in [9.17, 15) is 18.0 Å². The van der Waals surface area contributed by atoms with Crippen LogP contribution in [0.3, 0.4) is 0 Å². The first-order chi connectivity index (χ1) is 16.8. The number of hydrogen-bond donors (Lipinski definition) is 1. The van der Waals surface area contributed by atoms with Gasteiger partial charge in [0.2, 0.25) is 15.9 Å². The number of benzene rings is 3. The molecule has 0 aliphatic rings. The van der Waals surface area contributed by atoms with Gasteiger partial charge in [0.15, 0.2) is 5.78 Å². The molecule has 0 saturated carbocycles. The number of hydrogen-bond acceptors (Lipinski definition) is 4. The van der Waals surface area contributed by atoms with E-state index < -0.39 is 22.0 Å². The lowest BCUT2D eigenvalue weighted by Gasteiger charge is -2.30. The van der Waals surface area contributed by atoms with Gasteiger partial charge in [-0.05, 0) is 48.6 Å². The van der Waals surface area contributed by atoms with Crippen LogP contribution in [-0.4, -0.2) is 32.4 Å². The first-order valence-electron chi connectivity index (χ1n) is 11.9. The Labute approximate surface area is 214 Å². The first kappa shape index (κ1) is 27.1. The summed E-state index contributed by atoms with van der Waals surface area (Å²) in [5, 5.41) is 2.81. The Balaban J connectivity index is 1.84. The highest BCUT2D eigenvalue weighted by Gasteiger charge is 2.31. The van der Waals surface area contributed by atoms with Gasteiger partial charge in [-0.25, -0.2) is 8.42 Å². The summed E-state index contributed by atoms with van der Waals surface area (Å²) in [6.07, 6.45) is 1.36. The number of carbonyl (C=O) groups is 2. The summed E-state index contributed by atoms with van der Waals surface area (Å²) in [5.41, 5.74) is 3.94. The van der Waals surface area contributed by atoms with E-state index in [1.54, 1.807) is 55.5 Å². The second-order valence-corrected chi connectivity index (χ2v) is 11.9. The van der Waals surface area contributed by atoms with Gasteiger partial charge >= 0.3 is 0 Å². The van der Waals surface area contributed by atoms with Crippen molar-refractivity contribution in [2.45, 2.75) is 52.5 Å². The van der Waals surface area contributed by atoms with Crippen molar-refractivity contribution in [3.05, 3.63) is 95.1 Å². The van der Waals surface area contributed by atoms with Crippen molar-refractivity contribution in [3.8, 4) is 0 Å². The molecule has 0 bridgehead atoms. The van der Waals surface area contributed by atoms with Crippen molar-refractivity contribution < 1.29 is 18.0 Å². The molecule has 0 aromatic heterocycles. The Bertz CT molecular complexity index is 1340. The van der Waals surface area contributed by atoms with E-state index in [2.05, 4.69) is 26.1 Å². The second-order valence-electron chi connectivity index (χ2n) is 10.0. The van der Waals surface area contributed by atoms with Crippen molar-refractivity contribution in [1.82, 2.24) is 0 Å². The summed E-state index contributed by atoms with van der Waals surface area (Å²) in [7, 11) is -3.73.